The van der Waals surface area contributed by atoms with Gasteiger partial charge in [0, 0.05) is 42.7 Å². The van der Waals surface area contributed by atoms with Crippen LogP contribution in [0.4, 0.5) is 0 Å². The fourth-order valence-electron chi connectivity index (χ4n) is 1.40. The second-order valence-electron chi connectivity index (χ2n) is 3.50. The standard InChI is InChI=1S/C12H16N2O2/c1-7(13-3)9-5-10(8(2)14-4)12(16)6-11(9)15/h5-6,15-16H,1-4H3. The molecule has 0 aromatic heterocycles. The lowest BCUT2D eigenvalue weighted by Crippen LogP contribution is -2.01. The number of aliphatic imine (C=N–C) groups is 2. The van der Waals surface area contributed by atoms with Gasteiger partial charge < -0.3 is 10.2 Å². The number of nitrogens with zero attached hydrogens (tertiary/aromatic N) is 2. The highest BCUT2D eigenvalue weighted by Gasteiger charge is 2.12. The molecular formula is C12H16N2O2. The number of hydrogen-bond acceptors (Lipinski definition) is 4. The van der Waals surface area contributed by atoms with Crippen molar-refractivity contribution in [3.8, 4) is 11.5 Å². The van der Waals surface area contributed by atoms with Crippen molar-refractivity contribution >= 4 is 11.4 Å². The van der Waals surface area contributed by atoms with Crippen LogP contribution in [0.15, 0.2) is 22.1 Å². The first kappa shape index (κ1) is 12.2. The first-order chi connectivity index (χ1) is 7.51. The smallest absolute Gasteiger partial charge is 0.128 e. The van der Waals surface area contributed by atoms with E-state index in [1.165, 1.54) is 6.07 Å². The maximum Gasteiger partial charge on any atom is 0.128 e. The van der Waals surface area contributed by atoms with E-state index in [9.17, 15) is 10.2 Å². The topological polar surface area (TPSA) is 65.2 Å². The van der Waals surface area contributed by atoms with E-state index in [0.29, 0.717) is 22.6 Å². The summed E-state index contributed by atoms with van der Waals surface area (Å²) in [6, 6.07) is 3.00. The first-order valence-electron chi connectivity index (χ1n) is 4.94. The summed E-state index contributed by atoms with van der Waals surface area (Å²) < 4.78 is 0. The van der Waals surface area contributed by atoms with E-state index < -0.39 is 0 Å². The lowest BCUT2D eigenvalue weighted by atomic mass is 10.0. The van der Waals surface area contributed by atoms with Gasteiger partial charge in [-0.25, -0.2) is 0 Å². The van der Waals surface area contributed by atoms with Crippen LogP contribution in [0.3, 0.4) is 0 Å². The molecule has 0 amide bonds. The van der Waals surface area contributed by atoms with E-state index in [-0.39, 0.29) is 11.5 Å². The fraction of sp³-hybridized carbons (Fsp3) is 0.333. The quantitative estimate of drug-likeness (QED) is 0.748. The number of hydrogen-bond donors (Lipinski definition) is 2. The van der Waals surface area contributed by atoms with Crippen LogP contribution in [0.5, 0.6) is 11.5 Å². The monoisotopic (exact) mass is 220 g/mol. The lowest BCUT2D eigenvalue weighted by molar-refractivity contribution is 0.449. The molecule has 0 aliphatic carbocycles. The molecule has 0 aliphatic heterocycles. The Morgan fingerprint density at radius 3 is 1.56 bits per heavy atom. The average Bonchev–Trinajstić information content (AvgIpc) is 2.27. The first-order valence-corrected chi connectivity index (χ1v) is 4.94. The van der Waals surface area contributed by atoms with Crippen LogP contribution in [0.1, 0.15) is 25.0 Å². The number of aromatic hydroxyl groups is 2. The second kappa shape index (κ2) is 4.79. The summed E-state index contributed by atoms with van der Waals surface area (Å²) in [7, 11) is 3.31. The Hall–Kier alpha value is -1.84. The van der Waals surface area contributed by atoms with Crippen molar-refractivity contribution in [2.75, 3.05) is 14.1 Å². The third kappa shape index (κ3) is 2.21. The molecule has 0 saturated carbocycles. The van der Waals surface area contributed by atoms with Crippen molar-refractivity contribution in [3.05, 3.63) is 23.3 Å². The van der Waals surface area contributed by atoms with Crippen molar-refractivity contribution in [2.24, 2.45) is 9.98 Å². The molecule has 0 unspecified atom stereocenters. The number of benzene rings is 1. The van der Waals surface area contributed by atoms with E-state index in [4.69, 9.17) is 0 Å². The van der Waals surface area contributed by atoms with Crippen molar-refractivity contribution in [1.29, 1.82) is 0 Å². The molecule has 1 rings (SSSR count). The molecular weight excluding hydrogens is 204 g/mol. The predicted molar refractivity (Wildman–Crippen MR) is 66.0 cm³/mol. The molecule has 4 heteroatoms. The van der Waals surface area contributed by atoms with Crippen LogP contribution in [0.25, 0.3) is 0 Å². The predicted octanol–water partition coefficient (Wildman–Crippen LogP) is 1.98. The fourth-order valence-corrected chi connectivity index (χ4v) is 1.40. The Morgan fingerprint density at radius 1 is 0.875 bits per heavy atom. The highest BCUT2D eigenvalue weighted by Crippen LogP contribution is 2.28. The van der Waals surface area contributed by atoms with Gasteiger partial charge in [-0.05, 0) is 19.9 Å². The zero-order valence-corrected chi connectivity index (χ0v) is 9.94. The Kier molecular flexibility index (Phi) is 3.66. The summed E-state index contributed by atoms with van der Waals surface area (Å²) in [5.41, 5.74) is 2.64. The van der Waals surface area contributed by atoms with E-state index in [0.717, 1.165) is 0 Å². The molecule has 4 nitrogen and oxygen atoms in total. The molecule has 1 aromatic carbocycles. The molecule has 0 radical (unpaired) electrons. The van der Waals surface area contributed by atoms with Crippen LogP contribution in [0.2, 0.25) is 0 Å². The minimum absolute atomic E-state index is 0.0215. The van der Waals surface area contributed by atoms with E-state index >= 15 is 0 Å². The van der Waals surface area contributed by atoms with Crippen LogP contribution in [0, 0.1) is 0 Å². The van der Waals surface area contributed by atoms with Gasteiger partial charge >= 0.3 is 0 Å². The minimum Gasteiger partial charge on any atom is -0.507 e. The molecule has 0 bridgehead atoms. The summed E-state index contributed by atoms with van der Waals surface area (Å²) in [5, 5.41) is 19.4. The average molecular weight is 220 g/mol. The van der Waals surface area contributed by atoms with Crippen molar-refractivity contribution in [3.63, 3.8) is 0 Å². The molecule has 0 aliphatic rings. The van der Waals surface area contributed by atoms with Gasteiger partial charge in [-0.2, -0.15) is 0 Å². The Morgan fingerprint density at radius 2 is 1.25 bits per heavy atom. The Bertz CT molecular complexity index is 423. The number of rotatable bonds is 2. The minimum atomic E-state index is 0.0215. The van der Waals surface area contributed by atoms with Gasteiger partial charge in [0.15, 0.2) is 0 Å². The molecule has 0 spiro atoms. The van der Waals surface area contributed by atoms with Gasteiger partial charge in [0.1, 0.15) is 11.5 Å². The van der Waals surface area contributed by atoms with Gasteiger partial charge in [-0.1, -0.05) is 0 Å². The highest BCUT2D eigenvalue weighted by atomic mass is 16.3. The number of phenols is 2. The second-order valence-corrected chi connectivity index (χ2v) is 3.50. The van der Waals surface area contributed by atoms with E-state index in [2.05, 4.69) is 9.98 Å². The normalized spacial score (nSPS) is 13.0. The molecule has 2 N–H and O–H groups in total. The van der Waals surface area contributed by atoms with Crippen LogP contribution < -0.4 is 0 Å². The maximum atomic E-state index is 9.69. The van der Waals surface area contributed by atoms with E-state index in [1.807, 2.05) is 0 Å². The summed E-state index contributed by atoms with van der Waals surface area (Å²) >= 11 is 0. The Labute approximate surface area is 95.0 Å². The summed E-state index contributed by atoms with van der Waals surface area (Å²) in [5.74, 6) is 0.0431. The van der Waals surface area contributed by atoms with Gasteiger partial charge in [-0.3, -0.25) is 9.98 Å². The largest absolute Gasteiger partial charge is 0.507 e. The molecule has 0 fully saturated rings. The number of phenolic OH excluding ortho intramolecular Hbond substituents is 2. The maximum absolute atomic E-state index is 9.69. The molecule has 0 saturated heterocycles. The SMILES string of the molecule is CN=C(C)c1cc(C(C)=NC)c(O)cc1O. The van der Waals surface area contributed by atoms with Crippen LogP contribution >= 0.6 is 0 Å². The molecule has 86 valence electrons. The van der Waals surface area contributed by atoms with Gasteiger partial charge in [0.25, 0.3) is 0 Å². The van der Waals surface area contributed by atoms with Gasteiger partial charge in [-0.15, -0.1) is 0 Å². The van der Waals surface area contributed by atoms with Crippen molar-refractivity contribution < 1.29 is 10.2 Å². The summed E-state index contributed by atoms with van der Waals surface area (Å²) in [6.07, 6.45) is 0. The highest BCUT2D eigenvalue weighted by molar-refractivity contribution is 6.06. The molecule has 0 atom stereocenters. The Balaban J connectivity index is 3.44. The zero-order chi connectivity index (χ0) is 12.3. The zero-order valence-electron chi connectivity index (χ0n) is 9.94. The molecule has 16 heavy (non-hydrogen) atoms. The van der Waals surface area contributed by atoms with Crippen LogP contribution in [-0.2, 0) is 0 Å². The molecule has 1 aromatic rings. The third-order valence-electron chi connectivity index (χ3n) is 2.56. The van der Waals surface area contributed by atoms with E-state index in [1.54, 1.807) is 34.0 Å². The van der Waals surface area contributed by atoms with Crippen molar-refractivity contribution in [2.45, 2.75) is 13.8 Å². The van der Waals surface area contributed by atoms with Crippen LogP contribution in [-0.4, -0.2) is 35.7 Å². The van der Waals surface area contributed by atoms with Gasteiger partial charge in [0.05, 0.1) is 0 Å². The summed E-state index contributed by atoms with van der Waals surface area (Å²) in [6.45, 7) is 3.60. The summed E-state index contributed by atoms with van der Waals surface area (Å²) in [4.78, 5) is 8.02. The van der Waals surface area contributed by atoms with Crippen molar-refractivity contribution in [1.82, 2.24) is 0 Å². The van der Waals surface area contributed by atoms with Gasteiger partial charge in [0.2, 0.25) is 0 Å². The molecule has 0 heterocycles. The lowest BCUT2D eigenvalue weighted by Gasteiger charge is -2.09. The third-order valence-corrected chi connectivity index (χ3v) is 2.56.